The number of rotatable bonds is 12. The van der Waals surface area contributed by atoms with Crippen LogP contribution >= 0.6 is 0 Å². The zero-order chi connectivity index (χ0) is 26.6. The van der Waals surface area contributed by atoms with Crippen LogP contribution in [0, 0.1) is 17.7 Å². The molecule has 0 bridgehead atoms. The molecule has 4 aromatic carbocycles. The highest BCUT2D eigenvalue weighted by molar-refractivity contribution is 5.85. The van der Waals surface area contributed by atoms with Crippen LogP contribution in [0.15, 0.2) is 78.9 Å². The van der Waals surface area contributed by atoms with Crippen LogP contribution < -0.4 is 0 Å². The van der Waals surface area contributed by atoms with E-state index in [0.29, 0.717) is 10.9 Å². The normalized spacial score (nSPS) is 10.9. The number of benzene rings is 4. The number of fused-ring (bicyclic) bond motifs is 1. The molecule has 0 spiro atoms. The summed E-state index contributed by atoms with van der Waals surface area (Å²) in [6, 6.07) is 27.3. The van der Waals surface area contributed by atoms with Gasteiger partial charge in [-0.15, -0.1) is 0 Å². The molecule has 0 nitrogen and oxygen atoms in total. The molecule has 0 saturated carbocycles. The average molecular weight is 505 g/mol. The summed E-state index contributed by atoms with van der Waals surface area (Å²) in [5.41, 5.74) is 6.73. The minimum absolute atomic E-state index is 0.229. The van der Waals surface area contributed by atoms with Gasteiger partial charge in [0.15, 0.2) is 0 Å². The molecule has 1 heteroatoms. The van der Waals surface area contributed by atoms with E-state index in [1.165, 1.54) is 67.2 Å². The van der Waals surface area contributed by atoms with Crippen molar-refractivity contribution in [3.63, 3.8) is 0 Å². The van der Waals surface area contributed by atoms with Gasteiger partial charge < -0.3 is 0 Å². The summed E-state index contributed by atoms with van der Waals surface area (Å²) < 4.78 is 15.3. The zero-order valence-electron chi connectivity index (χ0n) is 23.2. The summed E-state index contributed by atoms with van der Waals surface area (Å²) in [6.07, 6.45) is 13.1. The van der Waals surface area contributed by atoms with E-state index in [1.54, 1.807) is 0 Å². The van der Waals surface area contributed by atoms with Gasteiger partial charge in [-0.05, 0) is 84.4 Å². The van der Waals surface area contributed by atoms with Crippen LogP contribution in [0.25, 0.3) is 10.8 Å². The van der Waals surface area contributed by atoms with Crippen molar-refractivity contribution in [3.8, 4) is 11.8 Å². The van der Waals surface area contributed by atoms with E-state index in [0.717, 1.165) is 36.6 Å². The second-order valence-electron chi connectivity index (χ2n) is 10.5. The Bertz CT molecular complexity index is 1350. The molecule has 0 aliphatic rings. The Morgan fingerprint density at radius 3 is 1.82 bits per heavy atom. The van der Waals surface area contributed by atoms with E-state index in [9.17, 15) is 0 Å². The summed E-state index contributed by atoms with van der Waals surface area (Å²) in [5, 5.41) is 1.57. The van der Waals surface area contributed by atoms with Gasteiger partial charge in [-0.2, -0.15) is 0 Å². The second-order valence-corrected chi connectivity index (χ2v) is 10.5. The molecule has 0 radical (unpaired) electrons. The molecular formula is C37H41F. The molecule has 0 heterocycles. The van der Waals surface area contributed by atoms with Gasteiger partial charge in [0.25, 0.3) is 0 Å². The van der Waals surface area contributed by atoms with E-state index in [2.05, 4.69) is 86.4 Å². The van der Waals surface area contributed by atoms with Crippen LogP contribution in [-0.4, -0.2) is 0 Å². The fourth-order valence-corrected chi connectivity index (χ4v) is 4.96. The summed E-state index contributed by atoms with van der Waals surface area (Å²) in [7, 11) is 0. The van der Waals surface area contributed by atoms with Crippen molar-refractivity contribution in [2.45, 2.75) is 84.5 Å². The van der Waals surface area contributed by atoms with E-state index in [4.69, 9.17) is 0 Å². The lowest BCUT2D eigenvalue weighted by atomic mass is 9.98. The predicted molar refractivity (Wildman–Crippen MR) is 161 cm³/mol. The van der Waals surface area contributed by atoms with Crippen LogP contribution in [0.5, 0.6) is 0 Å². The number of unbranched alkanes of at least 4 members (excludes halogenated alkanes) is 5. The van der Waals surface area contributed by atoms with E-state index >= 15 is 4.39 Å². The zero-order valence-corrected chi connectivity index (χ0v) is 23.2. The van der Waals surface area contributed by atoms with Crippen LogP contribution in [0.2, 0.25) is 0 Å². The summed E-state index contributed by atoms with van der Waals surface area (Å²) in [4.78, 5) is 0. The minimum Gasteiger partial charge on any atom is -0.205 e. The van der Waals surface area contributed by atoms with Crippen LogP contribution in [0.4, 0.5) is 4.39 Å². The smallest absolute Gasteiger partial charge is 0.146 e. The Hall–Kier alpha value is -3.37. The highest BCUT2D eigenvalue weighted by atomic mass is 19.1. The van der Waals surface area contributed by atoms with Gasteiger partial charge in [0.1, 0.15) is 5.82 Å². The van der Waals surface area contributed by atoms with Gasteiger partial charge >= 0.3 is 0 Å². The van der Waals surface area contributed by atoms with Crippen LogP contribution in [0.1, 0.15) is 92.2 Å². The van der Waals surface area contributed by atoms with Crippen molar-refractivity contribution in [2.75, 3.05) is 0 Å². The monoisotopic (exact) mass is 504 g/mol. The summed E-state index contributed by atoms with van der Waals surface area (Å²) in [6.45, 7) is 4.48. The SMILES string of the molecule is CCCCCCCc1ccc(C#Cc2ccc3cc(CCc4ccc(CCCC)cc4)ccc3c2F)cc1. The topological polar surface area (TPSA) is 0 Å². The molecule has 0 aliphatic carbocycles. The molecular weight excluding hydrogens is 463 g/mol. The molecule has 196 valence electrons. The Balaban J connectivity index is 1.36. The fraction of sp³-hybridized carbons (Fsp3) is 0.351. The maximum Gasteiger partial charge on any atom is 0.146 e. The molecule has 0 aromatic heterocycles. The highest BCUT2D eigenvalue weighted by Gasteiger charge is 2.07. The molecule has 38 heavy (non-hydrogen) atoms. The highest BCUT2D eigenvalue weighted by Crippen LogP contribution is 2.23. The van der Waals surface area contributed by atoms with Crippen molar-refractivity contribution in [1.29, 1.82) is 0 Å². The third kappa shape index (κ3) is 8.06. The largest absolute Gasteiger partial charge is 0.205 e. The van der Waals surface area contributed by atoms with Crippen LogP contribution in [-0.2, 0) is 25.7 Å². The van der Waals surface area contributed by atoms with Crippen molar-refractivity contribution < 1.29 is 4.39 Å². The number of aryl methyl sites for hydroxylation is 4. The van der Waals surface area contributed by atoms with Gasteiger partial charge in [-0.25, -0.2) is 4.39 Å². The summed E-state index contributed by atoms with van der Waals surface area (Å²) >= 11 is 0. The lowest BCUT2D eigenvalue weighted by molar-refractivity contribution is 0.632. The van der Waals surface area contributed by atoms with E-state index < -0.39 is 0 Å². The lowest BCUT2D eigenvalue weighted by Gasteiger charge is -2.07. The standard InChI is InChI=1S/C37H41F/c1-3-5-7-8-9-11-30-14-18-32(19-15-30)22-24-34-25-26-35-28-33(23-27-36(35)37(34)38)21-20-31-16-12-29(13-17-31)10-6-4-2/h12-19,23,25-28H,3-11,20-21H2,1-2H3. The van der Waals surface area contributed by atoms with Gasteiger partial charge in [-0.3, -0.25) is 0 Å². The third-order valence-electron chi connectivity index (χ3n) is 7.43. The number of hydrogen-bond acceptors (Lipinski definition) is 0. The Morgan fingerprint density at radius 2 is 1.11 bits per heavy atom. The Labute approximate surface area is 229 Å². The third-order valence-corrected chi connectivity index (χ3v) is 7.43. The molecule has 0 aliphatic heterocycles. The van der Waals surface area contributed by atoms with Crippen LogP contribution in [0.3, 0.4) is 0 Å². The molecule has 0 saturated heterocycles. The van der Waals surface area contributed by atoms with Gasteiger partial charge in [0, 0.05) is 10.9 Å². The van der Waals surface area contributed by atoms with Gasteiger partial charge in [0.05, 0.1) is 5.56 Å². The first-order valence-corrected chi connectivity index (χ1v) is 14.6. The maximum atomic E-state index is 15.3. The Kier molecular flexibility index (Phi) is 10.6. The van der Waals surface area contributed by atoms with Crippen molar-refractivity contribution >= 4 is 10.8 Å². The first kappa shape index (κ1) is 27.7. The molecule has 4 rings (SSSR count). The van der Waals surface area contributed by atoms with E-state index in [-0.39, 0.29) is 5.82 Å². The molecule has 4 aromatic rings. The average Bonchev–Trinajstić information content (AvgIpc) is 2.95. The molecule has 0 unspecified atom stereocenters. The van der Waals surface area contributed by atoms with Gasteiger partial charge in [0.2, 0.25) is 0 Å². The van der Waals surface area contributed by atoms with Crippen molar-refractivity contribution in [1.82, 2.24) is 0 Å². The fourth-order valence-electron chi connectivity index (χ4n) is 4.96. The predicted octanol–water partition coefficient (Wildman–Crippen LogP) is 10.0. The maximum absolute atomic E-state index is 15.3. The molecule has 0 atom stereocenters. The number of halogens is 1. The first-order chi connectivity index (χ1) is 18.7. The van der Waals surface area contributed by atoms with Crippen molar-refractivity contribution in [2.24, 2.45) is 0 Å². The second kappa shape index (κ2) is 14.5. The molecule has 0 amide bonds. The molecule has 0 fully saturated rings. The summed E-state index contributed by atoms with van der Waals surface area (Å²) in [5.74, 6) is 5.98. The van der Waals surface area contributed by atoms with E-state index in [1.807, 2.05) is 18.2 Å². The Morgan fingerprint density at radius 1 is 0.526 bits per heavy atom. The molecule has 0 N–H and O–H groups in total. The number of hydrogen-bond donors (Lipinski definition) is 0. The van der Waals surface area contributed by atoms with Gasteiger partial charge in [-0.1, -0.05) is 118 Å². The van der Waals surface area contributed by atoms with Crippen molar-refractivity contribution in [3.05, 3.63) is 118 Å². The minimum atomic E-state index is -0.229. The quantitative estimate of drug-likeness (QED) is 0.133. The first-order valence-electron chi connectivity index (χ1n) is 14.6. The lowest BCUT2D eigenvalue weighted by Crippen LogP contribution is -1.94.